The fourth-order valence-corrected chi connectivity index (χ4v) is 4.16. The van der Waals surface area contributed by atoms with Gasteiger partial charge in [-0.25, -0.2) is 9.22 Å². The molecule has 1 aliphatic rings. The summed E-state index contributed by atoms with van der Waals surface area (Å²) in [5.74, 6) is -0.657. The van der Waals surface area contributed by atoms with E-state index in [1.54, 1.807) is 5.01 Å². The van der Waals surface area contributed by atoms with Crippen LogP contribution in [0.4, 0.5) is 5.69 Å². The lowest BCUT2D eigenvalue weighted by Crippen LogP contribution is -2.60. The quantitative estimate of drug-likeness (QED) is 0.381. The van der Waals surface area contributed by atoms with E-state index in [0.29, 0.717) is 26.2 Å². The second-order valence-electron chi connectivity index (χ2n) is 6.16. The topological polar surface area (TPSA) is 73.3 Å². The molecule has 1 fully saturated rings. The fourth-order valence-electron chi connectivity index (χ4n) is 2.91. The molecular formula is C16H24IN3O4S. The normalized spacial score (nSPS) is 18.4. The Bertz CT molecular complexity index is 606. The number of nitrogens with zero attached hydrogens (tertiary/aromatic N) is 3. The SMILES string of the molecule is COC(=O)C(C(C)C)N(N1CCN(c2ccc(I)cc2)CC1)S(=O)O. The molecule has 1 aromatic rings. The second-order valence-corrected chi connectivity index (χ2v) is 8.24. The zero-order chi connectivity index (χ0) is 18.6. The summed E-state index contributed by atoms with van der Waals surface area (Å²) in [5.41, 5.74) is 1.13. The molecule has 2 rings (SSSR count). The first-order chi connectivity index (χ1) is 11.8. The molecule has 0 amide bonds. The van der Waals surface area contributed by atoms with Gasteiger partial charge in [-0.2, -0.15) is 0 Å². The largest absolute Gasteiger partial charge is 0.468 e. The van der Waals surface area contributed by atoms with Crippen molar-refractivity contribution in [2.45, 2.75) is 19.9 Å². The zero-order valence-electron chi connectivity index (χ0n) is 14.6. The standard InChI is InChI=1S/C16H24IN3O4S/c1-12(2)15(16(21)24-3)20(25(22)23)19-10-8-18(9-11-19)14-6-4-13(17)5-7-14/h4-7,12,15H,8-11H2,1-3H3,(H,22,23). The molecule has 140 valence electrons. The van der Waals surface area contributed by atoms with Crippen molar-refractivity contribution < 1.29 is 18.3 Å². The molecule has 7 nitrogen and oxygen atoms in total. The van der Waals surface area contributed by atoms with Crippen LogP contribution in [-0.4, -0.2) is 63.5 Å². The van der Waals surface area contributed by atoms with Gasteiger partial charge >= 0.3 is 5.97 Å². The van der Waals surface area contributed by atoms with Crippen molar-refractivity contribution in [3.05, 3.63) is 27.8 Å². The third-order valence-electron chi connectivity index (χ3n) is 4.20. The minimum atomic E-state index is -2.29. The molecule has 9 heteroatoms. The first kappa shape index (κ1) is 20.6. The number of hydrogen-bond donors (Lipinski definition) is 1. The van der Waals surface area contributed by atoms with Gasteiger partial charge < -0.3 is 9.64 Å². The van der Waals surface area contributed by atoms with Gasteiger partial charge in [0.05, 0.1) is 7.11 Å². The Balaban J connectivity index is 2.10. The van der Waals surface area contributed by atoms with Crippen molar-refractivity contribution in [3.8, 4) is 0 Å². The molecule has 2 atom stereocenters. The monoisotopic (exact) mass is 481 g/mol. The van der Waals surface area contributed by atoms with E-state index in [0.717, 1.165) is 5.69 Å². The van der Waals surface area contributed by atoms with Crippen LogP contribution in [0.5, 0.6) is 0 Å². The Morgan fingerprint density at radius 1 is 1.24 bits per heavy atom. The molecule has 0 spiro atoms. The van der Waals surface area contributed by atoms with Crippen LogP contribution in [-0.2, 0) is 20.8 Å². The molecule has 0 aromatic heterocycles. The number of methoxy groups -OCH3 is 1. The Kier molecular flexibility index (Phi) is 7.62. The van der Waals surface area contributed by atoms with E-state index in [9.17, 15) is 13.6 Å². The molecule has 1 N–H and O–H groups in total. The van der Waals surface area contributed by atoms with Gasteiger partial charge in [0.15, 0.2) is 0 Å². The third kappa shape index (κ3) is 5.13. The molecular weight excluding hydrogens is 457 g/mol. The van der Waals surface area contributed by atoms with Gasteiger partial charge in [-0.3, -0.25) is 9.35 Å². The molecule has 1 heterocycles. The summed E-state index contributed by atoms with van der Waals surface area (Å²) in [4.78, 5) is 14.3. The van der Waals surface area contributed by atoms with Crippen LogP contribution in [0.2, 0.25) is 0 Å². The molecule has 1 aromatic carbocycles. The molecule has 0 bridgehead atoms. The van der Waals surface area contributed by atoms with Crippen molar-refractivity contribution in [2.24, 2.45) is 5.92 Å². The lowest BCUT2D eigenvalue weighted by atomic mass is 10.1. The Labute approximate surface area is 164 Å². The predicted molar refractivity (Wildman–Crippen MR) is 106 cm³/mol. The third-order valence-corrected chi connectivity index (χ3v) is 5.70. The summed E-state index contributed by atoms with van der Waals surface area (Å²) in [6.07, 6.45) is 0. The number of carbonyl (C=O) groups is 1. The van der Waals surface area contributed by atoms with Crippen LogP contribution in [0.15, 0.2) is 24.3 Å². The number of piperazine rings is 1. The molecule has 2 unspecified atom stereocenters. The van der Waals surface area contributed by atoms with Crippen LogP contribution in [0.25, 0.3) is 0 Å². The predicted octanol–water partition coefficient (Wildman–Crippen LogP) is 1.96. The Morgan fingerprint density at radius 3 is 2.24 bits per heavy atom. The number of benzene rings is 1. The van der Waals surface area contributed by atoms with Gasteiger partial charge in [-0.1, -0.05) is 13.8 Å². The van der Waals surface area contributed by atoms with Crippen molar-refractivity contribution >= 4 is 45.5 Å². The average Bonchev–Trinajstić information content (AvgIpc) is 2.59. The molecule has 25 heavy (non-hydrogen) atoms. The van der Waals surface area contributed by atoms with Gasteiger partial charge in [-0.05, 0) is 52.8 Å². The summed E-state index contributed by atoms with van der Waals surface area (Å²) >= 11 is -0.0231. The smallest absolute Gasteiger partial charge is 0.325 e. The number of rotatable bonds is 6. The Morgan fingerprint density at radius 2 is 1.80 bits per heavy atom. The van der Waals surface area contributed by atoms with Crippen LogP contribution < -0.4 is 4.90 Å². The maximum absolute atomic E-state index is 12.1. The van der Waals surface area contributed by atoms with Crippen LogP contribution in [0, 0.1) is 9.49 Å². The summed E-state index contributed by atoms with van der Waals surface area (Å²) in [6, 6.07) is 7.48. The summed E-state index contributed by atoms with van der Waals surface area (Å²) < 4.78 is 29.0. The minimum Gasteiger partial charge on any atom is -0.468 e. The summed E-state index contributed by atoms with van der Waals surface area (Å²) in [7, 11) is 1.30. The van der Waals surface area contributed by atoms with Crippen molar-refractivity contribution in [3.63, 3.8) is 0 Å². The maximum atomic E-state index is 12.1. The van der Waals surface area contributed by atoms with Crippen molar-refractivity contribution in [2.75, 3.05) is 38.2 Å². The van der Waals surface area contributed by atoms with Gasteiger partial charge in [0.1, 0.15) is 6.04 Å². The number of ether oxygens (including phenoxy) is 1. The lowest BCUT2D eigenvalue weighted by molar-refractivity contribution is -0.152. The highest BCUT2D eigenvalue weighted by Gasteiger charge is 2.38. The summed E-state index contributed by atoms with van der Waals surface area (Å²) in [5, 5.41) is 1.78. The fraction of sp³-hybridized carbons (Fsp3) is 0.562. The number of halogens is 1. The highest BCUT2D eigenvalue weighted by molar-refractivity contribution is 14.1. The van der Waals surface area contributed by atoms with Crippen LogP contribution in [0.3, 0.4) is 0 Å². The van der Waals surface area contributed by atoms with Gasteiger partial charge in [0.25, 0.3) is 0 Å². The molecule has 1 aliphatic heterocycles. The molecule has 0 aliphatic carbocycles. The highest BCUT2D eigenvalue weighted by Crippen LogP contribution is 2.22. The highest BCUT2D eigenvalue weighted by atomic mass is 127. The van der Waals surface area contributed by atoms with E-state index in [-0.39, 0.29) is 5.92 Å². The number of hydrazine groups is 1. The lowest BCUT2D eigenvalue weighted by Gasteiger charge is -2.42. The van der Waals surface area contributed by atoms with E-state index >= 15 is 0 Å². The van der Waals surface area contributed by atoms with E-state index < -0.39 is 23.3 Å². The number of carbonyl (C=O) groups excluding carboxylic acids is 1. The van der Waals surface area contributed by atoms with Crippen molar-refractivity contribution in [1.82, 2.24) is 9.42 Å². The van der Waals surface area contributed by atoms with E-state index in [2.05, 4.69) is 51.8 Å². The van der Waals surface area contributed by atoms with E-state index in [1.807, 2.05) is 13.8 Å². The van der Waals surface area contributed by atoms with Gasteiger partial charge in [-0.15, -0.1) is 4.41 Å². The van der Waals surface area contributed by atoms with E-state index in [1.165, 1.54) is 15.1 Å². The maximum Gasteiger partial charge on any atom is 0.325 e. The molecule has 0 saturated carbocycles. The molecule has 1 saturated heterocycles. The van der Waals surface area contributed by atoms with Crippen LogP contribution >= 0.6 is 22.6 Å². The number of hydrogen-bond acceptors (Lipinski definition) is 5. The van der Waals surface area contributed by atoms with Crippen molar-refractivity contribution in [1.29, 1.82) is 0 Å². The van der Waals surface area contributed by atoms with Crippen LogP contribution in [0.1, 0.15) is 13.8 Å². The first-order valence-corrected chi connectivity index (χ1v) is 10.2. The summed E-state index contributed by atoms with van der Waals surface area (Å²) in [6.45, 7) is 6.20. The number of anilines is 1. The number of esters is 1. The van der Waals surface area contributed by atoms with E-state index in [4.69, 9.17) is 4.74 Å². The molecule has 0 radical (unpaired) electrons. The minimum absolute atomic E-state index is 0.155. The second kappa shape index (κ2) is 9.26. The first-order valence-electron chi connectivity index (χ1n) is 8.08. The Hall–Kier alpha value is -0.750. The van der Waals surface area contributed by atoms with Gasteiger partial charge in [0.2, 0.25) is 11.3 Å². The average molecular weight is 481 g/mol. The van der Waals surface area contributed by atoms with Gasteiger partial charge in [0, 0.05) is 35.4 Å². The zero-order valence-corrected chi connectivity index (χ0v) is 17.6.